The summed E-state index contributed by atoms with van der Waals surface area (Å²) in [5.41, 5.74) is 0.996. The first kappa shape index (κ1) is 17.1. The van der Waals surface area contributed by atoms with Gasteiger partial charge in [0.15, 0.2) is 11.6 Å². The average molecular weight is 390 g/mol. The molecule has 8 heteroatoms. The maximum atomic E-state index is 5.13. The number of hydrogen-bond acceptors (Lipinski definition) is 6. The molecule has 0 saturated heterocycles. The van der Waals surface area contributed by atoms with Gasteiger partial charge in [-0.15, -0.1) is 10.2 Å². The van der Waals surface area contributed by atoms with E-state index in [1.807, 2.05) is 25.5 Å². The molecule has 3 aromatic heterocycles. The molecule has 0 N–H and O–H groups in total. The van der Waals surface area contributed by atoms with E-state index in [-0.39, 0.29) is 6.04 Å². The van der Waals surface area contributed by atoms with Gasteiger partial charge in [0.2, 0.25) is 5.95 Å². The number of hydrogen-bond donors (Lipinski definition) is 0. The predicted molar refractivity (Wildman–Crippen MR) is 109 cm³/mol. The van der Waals surface area contributed by atoms with Crippen LogP contribution in [0.25, 0.3) is 11.6 Å². The molecule has 2 aliphatic carbocycles. The van der Waals surface area contributed by atoms with Crippen molar-refractivity contribution in [2.24, 2.45) is 0 Å². The minimum absolute atomic E-state index is 0.195. The van der Waals surface area contributed by atoms with Gasteiger partial charge < -0.3 is 4.90 Å². The summed E-state index contributed by atoms with van der Waals surface area (Å²) in [5.74, 6) is 5.27. The first-order chi connectivity index (χ1) is 14.3. The summed E-state index contributed by atoms with van der Waals surface area (Å²) in [6.45, 7) is 4.24. The molecule has 0 unspecified atom stereocenters. The lowest BCUT2D eigenvalue weighted by Crippen LogP contribution is -2.42. The molecule has 1 aliphatic heterocycles. The van der Waals surface area contributed by atoms with Gasteiger partial charge in [-0.3, -0.25) is 9.13 Å². The van der Waals surface area contributed by atoms with Crippen LogP contribution < -0.4 is 4.90 Å². The summed E-state index contributed by atoms with van der Waals surface area (Å²) < 4.78 is 4.22. The molecule has 0 radical (unpaired) electrons. The normalized spacial score (nSPS) is 21.4. The van der Waals surface area contributed by atoms with Crippen molar-refractivity contribution in [1.82, 2.24) is 34.3 Å². The SMILES string of the molecule is CC[C@@H]1c2nnc(C)n2-c2cnc(-n3ccnc3C3CC3)nc2N1C1CCCC1. The van der Waals surface area contributed by atoms with Crippen LogP contribution in [0.1, 0.15) is 81.3 Å². The second-order valence-electron chi connectivity index (χ2n) is 8.52. The van der Waals surface area contributed by atoms with Gasteiger partial charge in [0.1, 0.15) is 17.3 Å². The fourth-order valence-corrected chi connectivity index (χ4v) is 5.10. The Hall–Kier alpha value is -2.77. The Morgan fingerprint density at radius 3 is 2.62 bits per heavy atom. The number of anilines is 1. The highest BCUT2D eigenvalue weighted by atomic mass is 15.4. The third-order valence-electron chi connectivity index (χ3n) is 6.64. The molecule has 6 rings (SSSR count). The predicted octanol–water partition coefficient (Wildman–Crippen LogP) is 3.64. The highest BCUT2D eigenvalue weighted by molar-refractivity contribution is 5.63. The average Bonchev–Trinajstić information content (AvgIpc) is 3.13. The molecular weight excluding hydrogens is 364 g/mol. The Morgan fingerprint density at radius 1 is 1.03 bits per heavy atom. The largest absolute Gasteiger partial charge is 0.341 e. The van der Waals surface area contributed by atoms with Gasteiger partial charge in [0.25, 0.3) is 0 Å². The lowest BCUT2D eigenvalue weighted by atomic mass is 10.0. The molecule has 0 bridgehead atoms. The standard InChI is InChI=1S/C21H26N8/c1-3-16-20-26-25-13(2)28(20)17-12-23-21(27-11-10-22-18(27)14-8-9-14)24-19(17)29(16)15-6-4-5-7-15/h10-12,14-16H,3-9H2,1-2H3/t16-/m1/s1. The summed E-state index contributed by atoms with van der Waals surface area (Å²) >= 11 is 0. The van der Waals surface area contributed by atoms with Crippen molar-refractivity contribution in [1.29, 1.82) is 0 Å². The van der Waals surface area contributed by atoms with Crippen LogP contribution in [0.15, 0.2) is 18.6 Å². The highest BCUT2D eigenvalue weighted by Crippen LogP contribution is 2.44. The van der Waals surface area contributed by atoms with Gasteiger partial charge in [-0.25, -0.2) is 9.97 Å². The van der Waals surface area contributed by atoms with E-state index in [0.717, 1.165) is 41.3 Å². The fraction of sp³-hybridized carbons (Fsp3) is 0.571. The molecule has 150 valence electrons. The summed E-state index contributed by atoms with van der Waals surface area (Å²) in [5, 5.41) is 8.94. The topological polar surface area (TPSA) is 77.5 Å². The van der Waals surface area contributed by atoms with Gasteiger partial charge in [0.05, 0.1) is 12.2 Å². The Kier molecular flexibility index (Phi) is 3.76. The zero-order chi connectivity index (χ0) is 19.5. The number of rotatable bonds is 4. The first-order valence-corrected chi connectivity index (χ1v) is 10.9. The first-order valence-electron chi connectivity index (χ1n) is 10.9. The van der Waals surface area contributed by atoms with Crippen LogP contribution in [0, 0.1) is 6.92 Å². The summed E-state index contributed by atoms with van der Waals surface area (Å²) in [7, 11) is 0. The molecule has 0 amide bonds. The van der Waals surface area contributed by atoms with Gasteiger partial charge in [-0.05, 0) is 39.0 Å². The second kappa shape index (κ2) is 6.37. The Bertz CT molecular complexity index is 1060. The molecule has 8 nitrogen and oxygen atoms in total. The second-order valence-corrected chi connectivity index (χ2v) is 8.52. The number of nitrogens with zero attached hydrogens (tertiary/aromatic N) is 8. The molecule has 3 aromatic rings. The minimum atomic E-state index is 0.195. The van der Waals surface area contributed by atoms with E-state index >= 15 is 0 Å². The molecule has 0 aromatic carbocycles. The van der Waals surface area contributed by atoms with Crippen molar-refractivity contribution < 1.29 is 0 Å². The number of aryl methyl sites for hydroxylation is 1. The molecule has 3 aliphatic rings. The molecule has 2 saturated carbocycles. The van der Waals surface area contributed by atoms with Crippen molar-refractivity contribution in [2.75, 3.05) is 4.90 Å². The summed E-state index contributed by atoms with van der Waals surface area (Å²) in [4.78, 5) is 17.0. The molecular formula is C21H26N8. The monoisotopic (exact) mass is 390 g/mol. The maximum absolute atomic E-state index is 5.13. The molecule has 0 spiro atoms. The van der Waals surface area contributed by atoms with Crippen LogP contribution in [-0.4, -0.2) is 40.3 Å². The molecule has 29 heavy (non-hydrogen) atoms. The van der Waals surface area contributed by atoms with E-state index in [2.05, 4.69) is 36.1 Å². The van der Waals surface area contributed by atoms with Crippen LogP contribution in [-0.2, 0) is 0 Å². The van der Waals surface area contributed by atoms with Crippen molar-refractivity contribution in [3.63, 3.8) is 0 Å². The van der Waals surface area contributed by atoms with E-state index in [1.54, 1.807) is 0 Å². The van der Waals surface area contributed by atoms with Crippen LogP contribution >= 0.6 is 0 Å². The Balaban J connectivity index is 1.54. The minimum Gasteiger partial charge on any atom is -0.341 e. The summed E-state index contributed by atoms with van der Waals surface area (Å²) in [6.07, 6.45) is 14.2. The van der Waals surface area contributed by atoms with Crippen LogP contribution in [0.4, 0.5) is 5.82 Å². The zero-order valence-corrected chi connectivity index (χ0v) is 17.0. The van der Waals surface area contributed by atoms with Crippen molar-refractivity contribution >= 4 is 5.82 Å². The van der Waals surface area contributed by atoms with Crippen molar-refractivity contribution in [2.45, 2.75) is 76.8 Å². The Labute approximate surface area is 170 Å². The number of fused-ring (bicyclic) bond motifs is 3. The van der Waals surface area contributed by atoms with E-state index in [0.29, 0.717) is 12.0 Å². The van der Waals surface area contributed by atoms with Crippen molar-refractivity contribution in [3.05, 3.63) is 36.1 Å². The van der Waals surface area contributed by atoms with Crippen LogP contribution in [0.5, 0.6) is 0 Å². The lowest BCUT2D eigenvalue weighted by molar-refractivity contribution is 0.467. The van der Waals surface area contributed by atoms with E-state index < -0.39 is 0 Å². The highest BCUT2D eigenvalue weighted by Gasteiger charge is 2.39. The maximum Gasteiger partial charge on any atom is 0.237 e. The van der Waals surface area contributed by atoms with Gasteiger partial charge >= 0.3 is 0 Å². The quantitative estimate of drug-likeness (QED) is 0.677. The van der Waals surface area contributed by atoms with E-state index in [9.17, 15) is 0 Å². The molecule has 2 fully saturated rings. The fourth-order valence-electron chi connectivity index (χ4n) is 5.10. The van der Waals surface area contributed by atoms with Crippen LogP contribution in [0.2, 0.25) is 0 Å². The third-order valence-corrected chi connectivity index (χ3v) is 6.64. The van der Waals surface area contributed by atoms with Gasteiger partial charge in [-0.1, -0.05) is 19.8 Å². The zero-order valence-electron chi connectivity index (χ0n) is 17.0. The number of imidazole rings is 1. The van der Waals surface area contributed by atoms with Crippen molar-refractivity contribution in [3.8, 4) is 11.6 Å². The summed E-state index contributed by atoms with van der Waals surface area (Å²) in [6, 6.07) is 0.693. The van der Waals surface area contributed by atoms with Crippen LogP contribution in [0.3, 0.4) is 0 Å². The number of aromatic nitrogens is 7. The van der Waals surface area contributed by atoms with E-state index in [4.69, 9.17) is 9.97 Å². The molecule has 4 heterocycles. The Morgan fingerprint density at radius 2 is 1.86 bits per heavy atom. The van der Waals surface area contributed by atoms with E-state index in [1.165, 1.54) is 38.5 Å². The third kappa shape index (κ3) is 2.54. The van der Waals surface area contributed by atoms with Gasteiger partial charge in [-0.2, -0.15) is 4.98 Å². The lowest BCUT2D eigenvalue weighted by Gasteiger charge is -2.41. The van der Waals surface area contributed by atoms with Gasteiger partial charge in [0, 0.05) is 24.4 Å². The molecule has 1 atom stereocenters. The smallest absolute Gasteiger partial charge is 0.237 e.